The highest BCUT2D eigenvalue weighted by Crippen LogP contribution is 2.41. The number of H-pyrrole nitrogens is 1. The van der Waals surface area contributed by atoms with Crippen molar-refractivity contribution in [1.29, 1.82) is 0 Å². The summed E-state index contributed by atoms with van der Waals surface area (Å²) in [5.41, 5.74) is 3.06. The number of aromatic amines is 1. The number of aryl methyl sites for hydroxylation is 1. The van der Waals surface area contributed by atoms with Crippen LogP contribution in [0.5, 0.6) is 0 Å². The molecule has 1 aliphatic rings. The Kier molecular flexibility index (Phi) is 6.14. The first-order chi connectivity index (χ1) is 16.8. The number of hydrogen-bond acceptors (Lipinski definition) is 4. The maximum absolute atomic E-state index is 14.2. The maximum atomic E-state index is 14.2. The minimum Gasteiger partial charge on any atom is -0.396 e. The average molecular weight is 505 g/mol. The normalized spacial score (nSPS) is 16.1. The summed E-state index contributed by atoms with van der Waals surface area (Å²) < 4.78 is 54.3. The van der Waals surface area contributed by atoms with Crippen LogP contribution in [0.2, 0.25) is 5.02 Å². The molecule has 3 heterocycles. The molecule has 2 aromatic heterocycles. The fourth-order valence-corrected chi connectivity index (χ4v) is 4.81. The van der Waals surface area contributed by atoms with Crippen LogP contribution in [0, 0.1) is 5.82 Å². The van der Waals surface area contributed by atoms with Crippen molar-refractivity contribution >= 4 is 28.5 Å². The van der Waals surface area contributed by atoms with Gasteiger partial charge in [0.1, 0.15) is 11.5 Å². The van der Waals surface area contributed by atoms with E-state index >= 15 is 0 Å². The van der Waals surface area contributed by atoms with Gasteiger partial charge in [0.25, 0.3) is 0 Å². The summed E-state index contributed by atoms with van der Waals surface area (Å²) in [6.45, 7) is 0.440. The Morgan fingerprint density at radius 2 is 1.91 bits per heavy atom. The van der Waals surface area contributed by atoms with Gasteiger partial charge in [0.05, 0.1) is 11.1 Å². The van der Waals surface area contributed by atoms with E-state index in [4.69, 9.17) is 16.7 Å². The third kappa shape index (κ3) is 4.46. The summed E-state index contributed by atoms with van der Waals surface area (Å²) in [7, 11) is 0. The van der Waals surface area contributed by atoms with Crippen LogP contribution in [0.3, 0.4) is 0 Å². The zero-order valence-corrected chi connectivity index (χ0v) is 19.2. The highest BCUT2D eigenvalue weighted by atomic mass is 35.5. The van der Waals surface area contributed by atoms with Gasteiger partial charge in [-0.2, -0.15) is 13.2 Å². The first kappa shape index (κ1) is 23.6. The molecular weight excluding hydrogens is 484 g/mol. The van der Waals surface area contributed by atoms with Gasteiger partial charge in [-0.25, -0.2) is 14.4 Å². The topological polar surface area (TPSA) is 65.0 Å². The lowest BCUT2D eigenvalue weighted by atomic mass is 9.92. The van der Waals surface area contributed by atoms with Gasteiger partial charge < -0.3 is 15.0 Å². The summed E-state index contributed by atoms with van der Waals surface area (Å²) in [6, 6.07) is 10.9. The predicted molar refractivity (Wildman–Crippen MR) is 125 cm³/mol. The highest BCUT2D eigenvalue weighted by Gasteiger charge is 2.37. The van der Waals surface area contributed by atoms with Crippen molar-refractivity contribution in [2.45, 2.75) is 31.5 Å². The minimum absolute atomic E-state index is 0.00716. The number of aliphatic hydroxyl groups is 1. The molecule has 0 amide bonds. The molecule has 1 atom stereocenters. The third-order valence-corrected chi connectivity index (χ3v) is 6.57. The van der Waals surface area contributed by atoms with Crippen molar-refractivity contribution in [3.8, 4) is 0 Å². The molecule has 2 N–H and O–H groups in total. The number of halogens is 5. The van der Waals surface area contributed by atoms with Gasteiger partial charge in [-0.1, -0.05) is 35.9 Å². The number of fused-ring (bicyclic) bond motifs is 3. The lowest BCUT2D eigenvalue weighted by molar-refractivity contribution is -0.141. The van der Waals surface area contributed by atoms with Crippen LogP contribution in [0.1, 0.15) is 40.5 Å². The molecular formula is C25H21ClF4N4O. The number of rotatable bonds is 5. The molecule has 0 aliphatic carbocycles. The summed E-state index contributed by atoms with van der Waals surface area (Å²) in [5, 5.41) is 9.89. The van der Waals surface area contributed by atoms with E-state index in [1.807, 2.05) is 24.3 Å². The van der Waals surface area contributed by atoms with E-state index in [0.717, 1.165) is 40.0 Å². The molecule has 1 unspecified atom stereocenters. The second-order valence-electron chi connectivity index (χ2n) is 8.48. The molecule has 0 spiro atoms. The fraction of sp³-hybridized carbons (Fsp3) is 0.280. The Morgan fingerprint density at radius 1 is 1.14 bits per heavy atom. The SMILES string of the molecule is OCCCc1ccc(C2c3[nH]c4cc(F)c(Cl)cc4c3CCN2c2nccc(C(F)(F)F)n2)cc1. The number of nitrogens with one attached hydrogen (secondary N) is 1. The Morgan fingerprint density at radius 3 is 2.63 bits per heavy atom. The van der Waals surface area contributed by atoms with Gasteiger partial charge in [-0.3, -0.25) is 0 Å². The smallest absolute Gasteiger partial charge is 0.396 e. The molecule has 5 rings (SSSR count). The maximum Gasteiger partial charge on any atom is 0.433 e. The minimum atomic E-state index is -4.60. The second-order valence-corrected chi connectivity index (χ2v) is 8.89. The molecule has 0 saturated heterocycles. The molecule has 0 bridgehead atoms. The van der Waals surface area contributed by atoms with Crippen molar-refractivity contribution < 1.29 is 22.7 Å². The standard InChI is InChI=1S/C25H21ClF4N4O/c26-18-12-17-16-8-10-34(24-31-9-7-21(33-24)25(28,29)30)23(22(16)32-20(17)13-19(18)27)15-5-3-14(4-6-15)2-1-11-35/h3-7,9,12-13,23,32,35H,1-2,8,10-11H2. The third-order valence-electron chi connectivity index (χ3n) is 6.28. The first-order valence-electron chi connectivity index (χ1n) is 11.1. The number of anilines is 1. The van der Waals surface area contributed by atoms with Crippen LogP contribution in [0.25, 0.3) is 10.9 Å². The Balaban J connectivity index is 1.64. The van der Waals surface area contributed by atoms with E-state index in [0.29, 0.717) is 31.3 Å². The molecule has 0 fully saturated rings. The van der Waals surface area contributed by atoms with Crippen molar-refractivity contribution in [1.82, 2.24) is 15.0 Å². The number of alkyl halides is 3. The Labute approximate surface area is 203 Å². The van der Waals surface area contributed by atoms with Crippen LogP contribution in [0.4, 0.5) is 23.5 Å². The number of aliphatic hydroxyl groups excluding tert-OH is 1. The molecule has 182 valence electrons. The molecule has 1 aliphatic heterocycles. The van der Waals surface area contributed by atoms with E-state index in [2.05, 4.69) is 15.0 Å². The van der Waals surface area contributed by atoms with Crippen molar-refractivity contribution in [3.63, 3.8) is 0 Å². The molecule has 0 radical (unpaired) electrons. The van der Waals surface area contributed by atoms with Crippen LogP contribution < -0.4 is 4.90 Å². The van der Waals surface area contributed by atoms with Gasteiger partial charge >= 0.3 is 6.18 Å². The van der Waals surface area contributed by atoms with E-state index < -0.39 is 23.7 Å². The highest BCUT2D eigenvalue weighted by molar-refractivity contribution is 6.31. The molecule has 5 nitrogen and oxygen atoms in total. The van der Waals surface area contributed by atoms with E-state index in [9.17, 15) is 17.6 Å². The monoisotopic (exact) mass is 504 g/mol. The summed E-state index contributed by atoms with van der Waals surface area (Å²) in [5.74, 6) is -0.594. The van der Waals surface area contributed by atoms with E-state index in [-0.39, 0.29) is 17.6 Å². The Hall–Kier alpha value is -3.17. The van der Waals surface area contributed by atoms with Crippen LogP contribution in [0.15, 0.2) is 48.7 Å². The van der Waals surface area contributed by atoms with Crippen molar-refractivity contribution in [2.75, 3.05) is 18.1 Å². The molecule has 0 saturated carbocycles. The fourth-order valence-electron chi connectivity index (χ4n) is 4.64. The molecule has 4 aromatic rings. The number of benzene rings is 2. The lowest BCUT2D eigenvalue weighted by Gasteiger charge is -2.36. The zero-order valence-electron chi connectivity index (χ0n) is 18.4. The largest absolute Gasteiger partial charge is 0.433 e. The number of nitrogens with zero attached hydrogens (tertiary/aromatic N) is 3. The molecule has 2 aromatic carbocycles. The molecule has 35 heavy (non-hydrogen) atoms. The Bertz CT molecular complexity index is 1370. The van der Waals surface area contributed by atoms with Crippen LogP contribution in [-0.4, -0.2) is 33.2 Å². The average Bonchev–Trinajstić information content (AvgIpc) is 3.19. The van der Waals surface area contributed by atoms with Crippen LogP contribution in [-0.2, 0) is 19.0 Å². The van der Waals surface area contributed by atoms with Gasteiger partial charge in [-0.05, 0) is 54.2 Å². The first-order valence-corrected chi connectivity index (χ1v) is 11.5. The van der Waals surface area contributed by atoms with Gasteiger partial charge in [0, 0.05) is 35.9 Å². The number of aromatic nitrogens is 3. The van der Waals surface area contributed by atoms with Gasteiger partial charge in [-0.15, -0.1) is 0 Å². The van der Waals surface area contributed by atoms with Crippen molar-refractivity contribution in [3.05, 3.63) is 87.6 Å². The summed E-state index contributed by atoms with van der Waals surface area (Å²) >= 11 is 6.04. The summed E-state index contributed by atoms with van der Waals surface area (Å²) in [4.78, 5) is 13.0. The lowest BCUT2D eigenvalue weighted by Crippen LogP contribution is -2.37. The van der Waals surface area contributed by atoms with Crippen molar-refractivity contribution in [2.24, 2.45) is 0 Å². The predicted octanol–water partition coefficient (Wildman–Crippen LogP) is 5.85. The van der Waals surface area contributed by atoms with E-state index in [1.165, 1.54) is 6.07 Å². The van der Waals surface area contributed by atoms with Gasteiger partial charge in [0.15, 0.2) is 0 Å². The van der Waals surface area contributed by atoms with Gasteiger partial charge in [0.2, 0.25) is 5.95 Å². The zero-order chi connectivity index (χ0) is 24.7. The van der Waals surface area contributed by atoms with E-state index in [1.54, 1.807) is 11.0 Å². The second kappa shape index (κ2) is 9.13. The quantitative estimate of drug-likeness (QED) is 0.335. The van der Waals surface area contributed by atoms with Crippen LogP contribution >= 0.6 is 11.6 Å². The molecule has 10 heteroatoms. The number of hydrogen-bond donors (Lipinski definition) is 2. The summed E-state index contributed by atoms with van der Waals surface area (Å²) in [6.07, 6.45) is -1.67.